The molecule has 1 heterocycles. The molecule has 1 aliphatic heterocycles. The average molecular weight is 409 g/mol. The number of rotatable bonds is 7. The first kappa shape index (κ1) is 21.4. The number of carbonyl (C=O) groups excluding carboxylic acids is 3. The zero-order chi connectivity index (χ0) is 21.5. The number of anilines is 2. The summed E-state index contributed by atoms with van der Waals surface area (Å²) in [5.74, 6) is -1.13. The van der Waals surface area contributed by atoms with E-state index in [2.05, 4.69) is 10.6 Å². The van der Waals surface area contributed by atoms with E-state index < -0.39 is 12.0 Å². The Kier molecular flexibility index (Phi) is 7.06. The van der Waals surface area contributed by atoms with Crippen LogP contribution in [0.2, 0.25) is 0 Å². The van der Waals surface area contributed by atoms with Crippen LogP contribution in [0.1, 0.15) is 37.0 Å². The number of carbonyl (C=O) groups is 3. The van der Waals surface area contributed by atoms with E-state index in [0.29, 0.717) is 30.8 Å². The van der Waals surface area contributed by atoms with Crippen molar-refractivity contribution in [1.82, 2.24) is 10.2 Å². The summed E-state index contributed by atoms with van der Waals surface area (Å²) < 4.78 is 5.32. The van der Waals surface area contributed by atoms with E-state index in [1.165, 1.54) is 4.90 Å². The Balaban J connectivity index is 1.81. The largest absolute Gasteiger partial charge is 0.463 e. The summed E-state index contributed by atoms with van der Waals surface area (Å²) in [7, 11) is 0. The highest BCUT2D eigenvalue weighted by molar-refractivity contribution is 6.03. The third kappa shape index (κ3) is 5.17. The van der Waals surface area contributed by atoms with Gasteiger partial charge in [-0.3, -0.25) is 14.4 Å². The fourth-order valence-corrected chi connectivity index (χ4v) is 3.28. The zero-order valence-electron chi connectivity index (χ0n) is 17.3. The molecule has 158 valence electrons. The molecular weight excluding hydrogens is 382 g/mol. The first-order valence-electron chi connectivity index (χ1n) is 10.2. The van der Waals surface area contributed by atoms with Crippen LogP contribution in [0.5, 0.6) is 0 Å². The summed E-state index contributed by atoms with van der Waals surface area (Å²) in [6, 6.07) is 15.8. The van der Waals surface area contributed by atoms with E-state index in [9.17, 15) is 14.4 Å². The van der Waals surface area contributed by atoms with Crippen molar-refractivity contribution in [2.45, 2.75) is 38.8 Å². The molecule has 2 aromatic carbocycles. The normalized spacial score (nSPS) is 17.1. The van der Waals surface area contributed by atoms with Crippen LogP contribution in [0.15, 0.2) is 54.6 Å². The van der Waals surface area contributed by atoms with Crippen LogP contribution in [-0.4, -0.2) is 47.9 Å². The number of hydrogen-bond donors (Lipinski definition) is 2. The van der Waals surface area contributed by atoms with Gasteiger partial charge in [-0.15, -0.1) is 0 Å². The molecule has 2 unspecified atom stereocenters. The molecule has 1 fully saturated rings. The van der Waals surface area contributed by atoms with Gasteiger partial charge >= 0.3 is 5.97 Å². The standard InChI is InChI=1S/C23H27N3O4/c1-3-16(2)30-21(27)15-20-22(28)24-13-14-26(20)23(29)18-11-7-8-12-19(18)25-17-9-5-4-6-10-17/h4-12,16,20,25H,3,13-15H2,1-2H3,(H,24,28). The summed E-state index contributed by atoms with van der Waals surface area (Å²) in [6.45, 7) is 4.38. The Labute approximate surface area is 176 Å². The second-order valence-electron chi connectivity index (χ2n) is 7.25. The minimum Gasteiger partial charge on any atom is -0.463 e. The maximum absolute atomic E-state index is 13.4. The van der Waals surface area contributed by atoms with Crippen molar-refractivity contribution >= 4 is 29.2 Å². The number of amides is 2. The highest BCUT2D eigenvalue weighted by Crippen LogP contribution is 2.24. The number of para-hydroxylation sites is 2. The number of benzene rings is 2. The molecule has 2 amide bonds. The van der Waals surface area contributed by atoms with Crippen LogP contribution in [0.25, 0.3) is 0 Å². The number of hydrogen-bond acceptors (Lipinski definition) is 5. The van der Waals surface area contributed by atoms with Crippen LogP contribution >= 0.6 is 0 Å². The lowest BCUT2D eigenvalue weighted by molar-refractivity contribution is -0.151. The van der Waals surface area contributed by atoms with Crippen LogP contribution in [0, 0.1) is 0 Å². The minimum atomic E-state index is -0.896. The molecule has 2 N–H and O–H groups in total. The van der Waals surface area contributed by atoms with Gasteiger partial charge < -0.3 is 20.3 Å². The molecule has 30 heavy (non-hydrogen) atoms. The van der Waals surface area contributed by atoms with Gasteiger partial charge in [0.05, 0.1) is 23.8 Å². The quantitative estimate of drug-likeness (QED) is 0.686. The van der Waals surface area contributed by atoms with Crippen LogP contribution < -0.4 is 10.6 Å². The molecule has 0 aliphatic carbocycles. The highest BCUT2D eigenvalue weighted by Gasteiger charge is 2.36. The zero-order valence-corrected chi connectivity index (χ0v) is 17.3. The Hall–Kier alpha value is -3.35. The van der Waals surface area contributed by atoms with Crippen LogP contribution in [0.3, 0.4) is 0 Å². The molecular formula is C23H27N3O4. The fraction of sp³-hybridized carbons (Fsp3) is 0.348. The first-order chi connectivity index (χ1) is 14.5. The number of nitrogens with one attached hydrogen (secondary N) is 2. The van der Waals surface area contributed by atoms with Gasteiger partial charge in [0, 0.05) is 18.8 Å². The van der Waals surface area contributed by atoms with Gasteiger partial charge in [-0.05, 0) is 37.6 Å². The molecule has 1 saturated heterocycles. The summed E-state index contributed by atoms with van der Waals surface area (Å²) in [6.07, 6.45) is 0.282. The maximum Gasteiger partial charge on any atom is 0.308 e. The Morgan fingerprint density at radius 1 is 1.17 bits per heavy atom. The Bertz CT molecular complexity index is 900. The van der Waals surface area contributed by atoms with Gasteiger partial charge in [-0.25, -0.2) is 0 Å². The van der Waals surface area contributed by atoms with E-state index >= 15 is 0 Å². The average Bonchev–Trinajstić information content (AvgIpc) is 2.75. The lowest BCUT2D eigenvalue weighted by atomic mass is 10.0. The topological polar surface area (TPSA) is 87.7 Å². The molecule has 0 bridgehead atoms. The molecule has 1 aliphatic rings. The van der Waals surface area contributed by atoms with E-state index in [0.717, 1.165) is 5.69 Å². The summed E-state index contributed by atoms with van der Waals surface area (Å²) in [5, 5.41) is 5.99. The van der Waals surface area contributed by atoms with Crippen molar-refractivity contribution in [2.24, 2.45) is 0 Å². The fourth-order valence-electron chi connectivity index (χ4n) is 3.28. The predicted octanol–water partition coefficient (Wildman–Crippen LogP) is 3.10. The Morgan fingerprint density at radius 2 is 1.87 bits per heavy atom. The number of piperazine rings is 1. The van der Waals surface area contributed by atoms with Gasteiger partial charge in [0.25, 0.3) is 5.91 Å². The molecule has 0 radical (unpaired) electrons. The minimum absolute atomic E-state index is 0.170. The monoisotopic (exact) mass is 409 g/mol. The summed E-state index contributed by atoms with van der Waals surface area (Å²) in [4.78, 5) is 39.6. The van der Waals surface area contributed by atoms with E-state index in [1.54, 1.807) is 19.1 Å². The lowest BCUT2D eigenvalue weighted by Gasteiger charge is -2.35. The molecule has 7 nitrogen and oxygen atoms in total. The van der Waals surface area contributed by atoms with Crippen molar-refractivity contribution in [3.8, 4) is 0 Å². The number of ether oxygens (including phenoxy) is 1. The third-order valence-corrected chi connectivity index (χ3v) is 5.07. The molecule has 7 heteroatoms. The van der Waals surface area contributed by atoms with E-state index in [-0.39, 0.29) is 24.3 Å². The smallest absolute Gasteiger partial charge is 0.308 e. The van der Waals surface area contributed by atoms with Crippen molar-refractivity contribution < 1.29 is 19.1 Å². The molecule has 0 spiro atoms. The third-order valence-electron chi connectivity index (χ3n) is 5.07. The molecule has 2 aromatic rings. The number of nitrogens with zero attached hydrogens (tertiary/aromatic N) is 1. The Morgan fingerprint density at radius 3 is 2.60 bits per heavy atom. The number of esters is 1. The van der Waals surface area contributed by atoms with Gasteiger partial charge in [0.1, 0.15) is 6.04 Å². The van der Waals surface area contributed by atoms with Crippen LogP contribution in [-0.2, 0) is 14.3 Å². The highest BCUT2D eigenvalue weighted by atomic mass is 16.5. The van der Waals surface area contributed by atoms with Crippen molar-refractivity contribution in [1.29, 1.82) is 0 Å². The first-order valence-corrected chi connectivity index (χ1v) is 10.2. The van der Waals surface area contributed by atoms with E-state index in [4.69, 9.17) is 4.74 Å². The van der Waals surface area contributed by atoms with Crippen molar-refractivity contribution in [3.05, 3.63) is 60.2 Å². The molecule has 0 saturated carbocycles. The van der Waals surface area contributed by atoms with Crippen molar-refractivity contribution in [3.63, 3.8) is 0 Å². The maximum atomic E-state index is 13.4. The molecule has 0 aromatic heterocycles. The van der Waals surface area contributed by atoms with Gasteiger partial charge in [-0.2, -0.15) is 0 Å². The van der Waals surface area contributed by atoms with Gasteiger partial charge in [-0.1, -0.05) is 37.3 Å². The second-order valence-corrected chi connectivity index (χ2v) is 7.25. The predicted molar refractivity (Wildman–Crippen MR) is 114 cm³/mol. The summed E-state index contributed by atoms with van der Waals surface area (Å²) in [5.41, 5.74) is 1.93. The van der Waals surface area contributed by atoms with Gasteiger partial charge in [0.2, 0.25) is 5.91 Å². The van der Waals surface area contributed by atoms with Crippen molar-refractivity contribution in [2.75, 3.05) is 18.4 Å². The van der Waals surface area contributed by atoms with Crippen LogP contribution in [0.4, 0.5) is 11.4 Å². The van der Waals surface area contributed by atoms with Gasteiger partial charge in [0.15, 0.2) is 0 Å². The lowest BCUT2D eigenvalue weighted by Crippen LogP contribution is -2.58. The SMILES string of the molecule is CCC(C)OC(=O)CC1C(=O)NCCN1C(=O)c1ccccc1Nc1ccccc1. The molecule has 3 rings (SSSR count). The van der Waals surface area contributed by atoms with E-state index in [1.807, 2.05) is 49.4 Å². The molecule has 2 atom stereocenters. The second kappa shape index (κ2) is 9.91. The summed E-state index contributed by atoms with van der Waals surface area (Å²) >= 11 is 0.